The van der Waals surface area contributed by atoms with Gasteiger partial charge in [-0.3, -0.25) is 0 Å². The van der Waals surface area contributed by atoms with Crippen LogP contribution in [0.25, 0.3) is 0 Å². The molecule has 1 heterocycles. The van der Waals surface area contributed by atoms with Gasteiger partial charge in [-0.05, 0) is 62.4 Å². The summed E-state index contributed by atoms with van der Waals surface area (Å²) in [5.74, 6) is 0. The lowest BCUT2D eigenvalue weighted by atomic mass is 10.1. The molecular formula is C15H22N2O2S. The Kier molecular flexibility index (Phi) is 3.84. The van der Waals surface area contributed by atoms with E-state index in [2.05, 4.69) is 5.32 Å². The first kappa shape index (κ1) is 14.0. The third-order valence-corrected chi connectivity index (χ3v) is 6.46. The Hall–Kier alpha value is -0.910. The van der Waals surface area contributed by atoms with Gasteiger partial charge in [0.25, 0.3) is 0 Å². The summed E-state index contributed by atoms with van der Waals surface area (Å²) in [4.78, 5) is 0.473. The Labute approximate surface area is 121 Å². The van der Waals surface area contributed by atoms with E-state index in [9.17, 15) is 8.42 Å². The number of sulfonamides is 1. The van der Waals surface area contributed by atoms with Gasteiger partial charge in [-0.15, -0.1) is 0 Å². The zero-order valence-corrected chi connectivity index (χ0v) is 12.7. The summed E-state index contributed by atoms with van der Waals surface area (Å²) in [6.45, 7) is 1.23. The smallest absolute Gasteiger partial charge is 0.243 e. The molecule has 5 heteroatoms. The van der Waals surface area contributed by atoms with Crippen LogP contribution in [0.15, 0.2) is 23.1 Å². The van der Waals surface area contributed by atoms with Gasteiger partial charge in [0.2, 0.25) is 10.0 Å². The SMILES string of the molecule is CNC1CCN(S(=O)(=O)c2ccc3c(c2)CCC3)CC1. The highest BCUT2D eigenvalue weighted by molar-refractivity contribution is 7.89. The minimum absolute atomic E-state index is 0.446. The fraction of sp³-hybridized carbons (Fsp3) is 0.600. The quantitative estimate of drug-likeness (QED) is 0.920. The van der Waals surface area contributed by atoms with Crippen molar-refractivity contribution in [3.8, 4) is 0 Å². The van der Waals surface area contributed by atoms with E-state index >= 15 is 0 Å². The van der Waals surface area contributed by atoms with E-state index in [0.717, 1.165) is 32.1 Å². The minimum atomic E-state index is -3.31. The van der Waals surface area contributed by atoms with Crippen molar-refractivity contribution < 1.29 is 8.42 Å². The molecule has 0 atom stereocenters. The molecule has 0 bridgehead atoms. The lowest BCUT2D eigenvalue weighted by Crippen LogP contribution is -2.43. The molecule has 1 fully saturated rings. The predicted octanol–water partition coefficient (Wildman–Crippen LogP) is 1.55. The highest BCUT2D eigenvalue weighted by atomic mass is 32.2. The number of rotatable bonds is 3. The number of nitrogens with zero attached hydrogens (tertiary/aromatic N) is 1. The van der Waals surface area contributed by atoms with Crippen LogP contribution in [0.4, 0.5) is 0 Å². The number of hydrogen-bond donors (Lipinski definition) is 1. The van der Waals surface area contributed by atoms with Crippen molar-refractivity contribution in [1.82, 2.24) is 9.62 Å². The van der Waals surface area contributed by atoms with Crippen molar-refractivity contribution in [2.24, 2.45) is 0 Å². The van der Waals surface area contributed by atoms with Crippen LogP contribution in [0, 0.1) is 0 Å². The standard InChI is InChI=1S/C15H22N2O2S/c1-16-14-7-9-17(10-8-14)20(18,19)15-6-5-12-3-2-4-13(12)11-15/h5-6,11,14,16H,2-4,7-10H2,1H3. The van der Waals surface area contributed by atoms with E-state index in [1.807, 2.05) is 19.2 Å². The van der Waals surface area contributed by atoms with Crippen molar-refractivity contribution in [1.29, 1.82) is 0 Å². The van der Waals surface area contributed by atoms with Crippen LogP contribution in [0.5, 0.6) is 0 Å². The topological polar surface area (TPSA) is 49.4 Å². The fourth-order valence-corrected chi connectivity index (χ4v) is 4.76. The first-order valence-electron chi connectivity index (χ1n) is 7.40. The molecule has 0 radical (unpaired) electrons. The second kappa shape index (κ2) is 5.47. The number of fused-ring (bicyclic) bond motifs is 1. The van der Waals surface area contributed by atoms with Crippen LogP contribution in [0.3, 0.4) is 0 Å². The zero-order valence-electron chi connectivity index (χ0n) is 11.9. The van der Waals surface area contributed by atoms with Crippen LogP contribution in [0.2, 0.25) is 0 Å². The maximum absolute atomic E-state index is 12.7. The third kappa shape index (κ3) is 2.50. The van der Waals surface area contributed by atoms with Gasteiger partial charge in [0.15, 0.2) is 0 Å². The second-order valence-corrected chi connectivity index (χ2v) is 7.69. The largest absolute Gasteiger partial charge is 0.317 e. The lowest BCUT2D eigenvalue weighted by Gasteiger charge is -2.31. The van der Waals surface area contributed by atoms with Gasteiger partial charge in [-0.2, -0.15) is 4.31 Å². The summed E-state index contributed by atoms with van der Waals surface area (Å²) in [6.07, 6.45) is 5.03. The van der Waals surface area contributed by atoms with Crippen molar-refractivity contribution in [2.45, 2.75) is 43.0 Å². The van der Waals surface area contributed by atoms with Crippen molar-refractivity contribution in [2.75, 3.05) is 20.1 Å². The monoisotopic (exact) mass is 294 g/mol. The third-order valence-electron chi connectivity index (χ3n) is 4.57. The maximum Gasteiger partial charge on any atom is 0.243 e. The molecule has 3 rings (SSSR count). The molecule has 0 spiro atoms. The average Bonchev–Trinajstić information content (AvgIpc) is 2.94. The molecule has 1 saturated heterocycles. The number of aryl methyl sites for hydroxylation is 2. The molecule has 1 aliphatic carbocycles. The molecule has 20 heavy (non-hydrogen) atoms. The zero-order chi connectivity index (χ0) is 14.2. The van der Waals surface area contributed by atoms with Gasteiger partial charge < -0.3 is 5.32 Å². The Morgan fingerprint density at radius 3 is 2.55 bits per heavy atom. The molecule has 1 N–H and O–H groups in total. The summed E-state index contributed by atoms with van der Waals surface area (Å²) < 4.78 is 27.0. The highest BCUT2D eigenvalue weighted by Gasteiger charge is 2.29. The Morgan fingerprint density at radius 1 is 1.15 bits per heavy atom. The Bertz CT molecular complexity index is 590. The second-order valence-electron chi connectivity index (χ2n) is 5.75. The lowest BCUT2D eigenvalue weighted by molar-refractivity contribution is 0.298. The fourth-order valence-electron chi connectivity index (χ4n) is 3.24. The van der Waals surface area contributed by atoms with Crippen LogP contribution >= 0.6 is 0 Å². The number of nitrogens with one attached hydrogen (secondary N) is 1. The summed E-state index contributed by atoms with van der Waals surface area (Å²) in [5, 5.41) is 3.23. The van der Waals surface area contributed by atoms with E-state index < -0.39 is 10.0 Å². The summed E-state index contributed by atoms with van der Waals surface area (Å²) in [5.41, 5.74) is 2.54. The first-order valence-corrected chi connectivity index (χ1v) is 8.84. The van der Waals surface area contributed by atoms with Crippen LogP contribution in [-0.4, -0.2) is 38.9 Å². The maximum atomic E-state index is 12.7. The van der Waals surface area contributed by atoms with E-state index in [0.29, 0.717) is 24.0 Å². The predicted molar refractivity (Wildman–Crippen MR) is 79.3 cm³/mol. The number of hydrogen-bond acceptors (Lipinski definition) is 3. The van der Waals surface area contributed by atoms with E-state index in [4.69, 9.17) is 0 Å². The van der Waals surface area contributed by atoms with Gasteiger partial charge in [0.05, 0.1) is 4.90 Å². The molecule has 0 unspecified atom stereocenters. The Balaban J connectivity index is 1.82. The molecule has 0 amide bonds. The Morgan fingerprint density at radius 2 is 1.85 bits per heavy atom. The van der Waals surface area contributed by atoms with Crippen LogP contribution in [-0.2, 0) is 22.9 Å². The van der Waals surface area contributed by atoms with E-state index in [1.54, 1.807) is 10.4 Å². The molecule has 4 nitrogen and oxygen atoms in total. The average molecular weight is 294 g/mol. The van der Waals surface area contributed by atoms with Crippen molar-refractivity contribution in [3.05, 3.63) is 29.3 Å². The van der Waals surface area contributed by atoms with Gasteiger partial charge >= 0.3 is 0 Å². The summed E-state index contributed by atoms with van der Waals surface area (Å²) in [6, 6.07) is 6.11. The molecule has 0 saturated carbocycles. The molecule has 1 aromatic carbocycles. The number of benzene rings is 1. The van der Waals surface area contributed by atoms with Crippen LogP contribution < -0.4 is 5.32 Å². The molecular weight excluding hydrogens is 272 g/mol. The van der Waals surface area contributed by atoms with Gasteiger partial charge in [0, 0.05) is 19.1 Å². The minimum Gasteiger partial charge on any atom is -0.317 e. The van der Waals surface area contributed by atoms with Gasteiger partial charge in [0.1, 0.15) is 0 Å². The van der Waals surface area contributed by atoms with E-state index in [-0.39, 0.29) is 0 Å². The molecule has 2 aliphatic rings. The van der Waals surface area contributed by atoms with Gasteiger partial charge in [-0.1, -0.05) is 6.07 Å². The summed E-state index contributed by atoms with van der Waals surface area (Å²) in [7, 11) is -1.37. The molecule has 1 aliphatic heterocycles. The van der Waals surface area contributed by atoms with Crippen molar-refractivity contribution in [3.63, 3.8) is 0 Å². The molecule has 1 aromatic rings. The summed E-state index contributed by atoms with van der Waals surface area (Å²) >= 11 is 0. The van der Waals surface area contributed by atoms with Gasteiger partial charge in [-0.25, -0.2) is 8.42 Å². The van der Waals surface area contributed by atoms with E-state index in [1.165, 1.54) is 11.1 Å². The first-order chi connectivity index (χ1) is 9.61. The van der Waals surface area contributed by atoms with Crippen molar-refractivity contribution >= 4 is 10.0 Å². The highest BCUT2D eigenvalue weighted by Crippen LogP contribution is 2.27. The molecule has 110 valence electrons. The van der Waals surface area contributed by atoms with Crippen LogP contribution in [0.1, 0.15) is 30.4 Å². The normalized spacial score (nSPS) is 21.1. The number of piperidine rings is 1. The molecule has 0 aromatic heterocycles.